The van der Waals surface area contributed by atoms with Crippen LogP contribution in [0.1, 0.15) is 45.8 Å². The van der Waals surface area contributed by atoms with Crippen LogP contribution in [0.3, 0.4) is 0 Å². The van der Waals surface area contributed by atoms with E-state index in [2.05, 4.69) is 0 Å². The minimum absolute atomic E-state index is 0.267. The highest BCUT2D eigenvalue weighted by atomic mass is 16.5. The van der Waals surface area contributed by atoms with E-state index < -0.39 is 11.5 Å². The summed E-state index contributed by atoms with van der Waals surface area (Å²) in [6.45, 7) is 7.39. The van der Waals surface area contributed by atoms with Crippen molar-refractivity contribution in [3.63, 3.8) is 0 Å². The maximum Gasteiger partial charge on any atom is 0.316 e. The fourth-order valence-corrected chi connectivity index (χ4v) is 2.17. The minimum Gasteiger partial charge on any atom is -0.426 e. The molecular weight excluding hydrogens is 288 g/mol. The zero-order valence-corrected chi connectivity index (χ0v) is 14.2. The number of benzene rings is 1. The Hall–Kier alpha value is -2.13. The van der Waals surface area contributed by atoms with Crippen LogP contribution in [-0.2, 0) is 9.53 Å². The molecule has 1 aliphatic carbocycles. The first-order valence-electron chi connectivity index (χ1n) is 7.82. The molecule has 0 spiro atoms. The van der Waals surface area contributed by atoms with Gasteiger partial charge in [0.25, 0.3) is 0 Å². The van der Waals surface area contributed by atoms with Gasteiger partial charge in [-0.25, -0.2) is 0 Å². The van der Waals surface area contributed by atoms with Crippen LogP contribution >= 0.6 is 0 Å². The van der Waals surface area contributed by atoms with E-state index >= 15 is 0 Å². The van der Waals surface area contributed by atoms with Gasteiger partial charge in [0.1, 0.15) is 11.9 Å². The molecule has 3 nitrogen and oxygen atoms in total. The van der Waals surface area contributed by atoms with Crippen LogP contribution < -0.4 is 0 Å². The maximum atomic E-state index is 12.1. The fourth-order valence-electron chi connectivity index (χ4n) is 2.17. The first-order chi connectivity index (χ1) is 10.8. The van der Waals surface area contributed by atoms with E-state index in [1.165, 1.54) is 0 Å². The summed E-state index contributed by atoms with van der Waals surface area (Å²) in [5.74, 6) is 0.275. The van der Waals surface area contributed by atoms with Gasteiger partial charge in [-0.3, -0.25) is 4.79 Å². The second-order valence-electron chi connectivity index (χ2n) is 6.82. The fraction of sp³-hybridized carbons (Fsp3) is 0.350. The Labute approximate surface area is 138 Å². The van der Waals surface area contributed by atoms with Crippen LogP contribution in [0, 0.1) is 5.41 Å². The molecule has 1 atom stereocenters. The zero-order chi connectivity index (χ0) is 17.0. The van der Waals surface area contributed by atoms with Crippen molar-refractivity contribution >= 4 is 5.97 Å². The summed E-state index contributed by atoms with van der Waals surface area (Å²) in [5.41, 5.74) is 2.07. The molecule has 0 saturated heterocycles. The van der Waals surface area contributed by atoms with Crippen LogP contribution in [-0.4, -0.2) is 11.1 Å². The third-order valence-electron chi connectivity index (χ3n) is 3.76. The molecule has 122 valence electrons. The van der Waals surface area contributed by atoms with Crippen molar-refractivity contribution in [1.29, 1.82) is 0 Å². The molecule has 1 aromatic carbocycles. The maximum absolute atomic E-state index is 12.1. The SMILES string of the molecule is CC1=CCC(C(O)c2ccccc2)=CC=C1OC(=O)C(C)(C)C. The number of carbonyl (C=O) groups excluding carboxylic acids is 1. The zero-order valence-electron chi connectivity index (χ0n) is 14.2. The first kappa shape index (κ1) is 17.2. The molecule has 2 rings (SSSR count). The average molecular weight is 312 g/mol. The van der Waals surface area contributed by atoms with E-state index in [-0.39, 0.29) is 5.97 Å². The molecule has 3 heteroatoms. The van der Waals surface area contributed by atoms with Gasteiger partial charge in [-0.15, -0.1) is 0 Å². The quantitative estimate of drug-likeness (QED) is 0.838. The minimum atomic E-state index is -0.658. The third-order valence-corrected chi connectivity index (χ3v) is 3.76. The molecule has 0 aliphatic heterocycles. The Bertz CT molecular complexity index is 658. The smallest absolute Gasteiger partial charge is 0.316 e. The van der Waals surface area contributed by atoms with Crippen molar-refractivity contribution in [3.8, 4) is 0 Å². The van der Waals surface area contributed by atoms with Crippen molar-refractivity contribution in [2.45, 2.75) is 40.2 Å². The molecule has 0 saturated carbocycles. The summed E-state index contributed by atoms with van der Waals surface area (Å²) in [5, 5.41) is 10.5. The molecule has 0 amide bonds. The van der Waals surface area contributed by atoms with Crippen molar-refractivity contribution in [2.24, 2.45) is 5.41 Å². The number of rotatable bonds is 3. The van der Waals surface area contributed by atoms with E-state index in [0.29, 0.717) is 12.2 Å². The predicted octanol–water partition coefficient (Wildman–Crippen LogP) is 4.47. The second-order valence-corrected chi connectivity index (χ2v) is 6.82. The number of aliphatic hydroxyl groups is 1. The van der Waals surface area contributed by atoms with Gasteiger partial charge in [-0.05, 0) is 56.9 Å². The first-order valence-corrected chi connectivity index (χ1v) is 7.82. The molecule has 0 bridgehead atoms. The van der Waals surface area contributed by atoms with Gasteiger partial charge >= 0.3 is 5.97 Å². The summed E-state index contributed by atoms with van der Waals surface area (Å²) in [6, 6.07) is 9.53. The van der Waals surface area contributed by atoms with E-state index in [4.69, 9.17) is 4.74 Å². The van der Waals surface area contributed by atoms with Gasteiger partial charge in [0, 0.05) is 0 Å². The Morgan fingerprint density at radius 2 is 1.83 bits per heavy atom. The Balaban J connectivity index is 2.22. The van der Waals surface area contributed by atoms with Gasteiger partial charge in [-0.1, -0.05) is 42.5 Å². The number of hydrogen-bond donors (Lipinski definition) is 1. The topological polar surface area (TPSA) is 46.5 Å². The lowest BCUT2D eigenvalue weighted by atomic mass is 9.97. The summed E-state index contributed by atoms with van der Waals surface area (Å²) < 4.78 is 5.51. The Morgan fingerprint density at radius 1 is 1.17 bits per heavy atom. The van der Waals surface area contributed by atoms with Crippen molar-refractivity contribution in [2.75, 3.05) is 0 Å². The van der Waals surface area contributed by atoms with Crippen LogP contribution in [0.25, 0.3) is 0 Å². The average Bonchev–Trinajstić information content (AvgIpc) is 2.69. The Morgan fingerprint density at radius 3 is 2.43 bits per heavy atom. The molecule has 1 unspecified atom stereocenters. The molecule has 0 fully saturated rings. The second kappa shape index (κ2) is 6.97. The molecule has 0 aromatic heterocycles. The summed E-state index contributed by atoms with van der Waals surface area (Å²) in [4.78, 5) is 12.1. The third kappa shape index (κ3) is 4.42. The van der Waals surface area contributed by atoms with E-state index in [9.17, 15) is 9.90 Å². The van der Waals surface area contributed by atoms with Gasteiger partial charge < -0.3 is 9.84 Å². The number of aliphatic hydroxyl groups excluding tert-OH is 1. The van der Waals surface area contributed by atoms with Crippen LogP contribution in [0.4, 0.5) is 0 Å². The molecule has 1 N–H and O–H groups in total. The van der Waals surface area contributed by atoms with Gasteiger partial charge in [0.05, 0.1) is 5.41 Å². The van der Waals surface area contributed by atoms with Gasteiger partial charge in [-0.2, -0.15) is 0 Å². The van der Waals surface area contributed by atoms with Gasteiger partial charge in [0.2, 0.25) is 0 Å². The highest BCUT2D eigenvalue weighted by Crippen LogP contribution is 2.29. The number of ether oxygens (including phenoxy) is 1. The number of carbonyl (C=O) groups is 1. The summed E-state index contributed by atoms with van der Waals surface area (Å²) in [6.07, 6.45) is 5.55. The lowest BCUT2D eigenvalue weighted by Gasteiger charge is -2.18. The Kier molecular flexibility index (Phi) is 5.22. The largest absolute Gasteiger partial charge is 0.426 e. The number of esters is 1. The molecule has 1 aromatic rings. The van der Waals surface area contributed by atoms with Crippen molar-refractivity contribution < 1.29 is 14.6 Å². The molecule has 23 heavy (non-hydrogen) atoms. The lowest BCUT2D eigenvalue weighted by Crippen LogP contribution is -2.22. The summed E-state index contributed by atoms with van der Waals surface area (Å²) in [7, 11) is 0. The lowest BCUT2D eigenvalue weighted by molar-refractivity contribution is -0.148. The number of allylic oxidation sites excluding steroid dienone is 4. The van der Waals surface area contributed by atoms with Crippen molar-refractivity contribution in [1.82, 2.24) is 0 Å². The highest BCUT2D eigenvalue weighted by molar-refractivity contribution is 5.77. The van der Waals surface area contributed by atoms with E-state index in [1.54, 1.807) is 6.08 Å². The summed E-state index contributed by atoms with van der Waals surface area (Å²) >= 11 is 0. The highest BCUT2D eigenvalue weighted by Gasteiger charge is 2.25. The van der Waals surface area contributed by atoms with Crippen LogP contribution in [0.5, 0.6) is 0 Å². The molecule has 0 radical (unpaired) electrons. The van der Waals surface area contributed by atoms with Gasteiger partial charge in [0.15, 0.2) is 0 Å². The monoisotopic (exact) mass is 312 g/mol. The number of hydrogen-bond acceptors (Lipinski definition) is 3. The standard InChI is InChI=1S/C20H24O3/c1-14-10-11-16(18(21)15-8-6-5-7-9-15)12-13-17(14)23-19(22)20(2,3)4/h5-10,12-13,18,21H,11H2,1-4H3. The van der Waals surface area contributed by atoms with Crippen LogP contribution in [0.15, 0.2) is 65.5 Å². The normalized spacial score (nSPS) is 16.7. The van der Waals surface area contributed by atoms with Crippen molar-refractivity contribution in [3.05, 3.63) is 71.0 Å². The van der Waals surface area contributed by atoms with E-state index in [1.807, 2.05) is 70.2 Å². The molecule has 0 heterocycles. The molecular formula is C20H24O3. The molecule has 1 aliphatic rings. The van der Waals surface area contributed by atoms with Crippen LogP contribution in [0.2, 0.25) is 0 Å². The van der Waals surface area contributed by atoms with E-state index in [0.717, 1.165) is 16.7 Å². The predicted molar refractivity (Wildman–Crippen MR) is 91.5 cm³/mol.